The van der Waals surface area contributed by atoms with E-state index in [0.29, 0.717) is 11.8 Å². The van der Waals surface area contributed by atoms with Gasteiger partial charge < -0.3 is 48.7 Å². The average molecular weight is 473 g/mol. The van der Waals surface area contributed by atoms with Crippen LogP contribution in [-0.4, -0.2) is 60.7 Å². The Morgan fingerprint density at radius 3 is 1.94 bits per heavy atom. The summed E-state index contributed by atoms with van der Waals surface area (Å²) < 4.78 is 21.7. The molecule has 1 saturated heterocycles. The highest BCUT2D eigenvalue weighted by Crippen LogP contribution is 2.38. The summed E-state index contributed by atoms with van der Waals surface area (Å²) in [6.07, 6.45) is 0.983. The lowest BCUT2D eigenvalue weighted by molar-refractivity contribution is -1.00. The van der Waals surface area contributed by atoms with Crippen molar-refractivity contribution in [2.45, 2.75) is 19.4 Å². The minimum atomic E-state index is 0. The number of rotatable bonds is 8. The highest BCUT2D eigenvalue weighted by molar-refractivity contribution is 5.53. The van der Waals surface area contributed by atoms with E-state index in [0.717, 1.165) is 49.8 Å². The van der Waals surface area contributed by atoms with Crippen LogP contribution in [0.4, 0.5) is 5.69 Å². The Bertz CT molecular complexity index is 780. The lowest BCUT2D eigenvalue weighted by Gasteiger charge is -2.34. The van der Waals surface area contributed by atoms with E-state index in [2.05, 4.69) is 43.3 Å². The molecule has 0 radical (unpaired) electrons. The molecule has 2 N–H and O–H groups in total. The summed E-state index contributed by atoms with van der Waals surface area (Å²) in [5.74, 6) is 3.00. The molecule has 8 heteroatoms. The molecule has 3 atom stereocenters. The summed E-state index contributed by atoms with van der Waals surface area (Å²) >= 11 is 0. The smallest absolute Gasteiger partial charge is 0.203 e. The van der Waals surface area contributed by atoms with Gasteiger partial charge in [0, 0.05) is 18.6 Å². The Hall–Kier alpha value is -1.86. The zero-order valence-corrected chi connectivity index (χ0v) is 20.5. The van der Waals surface area contributed by atoms with E-state index in [-0.39, 0.29) is 24.8 Å². The van der Waals surface area contributed by atoms with Gasteiger partial charge in [-0.1, -0.05) is 0 Å². The number of ether oxygens (including phenoxy) is 4. The summed E-state index contributed by atoms with van der Waals surface area (Å²) in [5, 5.41) is 0. The van der Waals surface area contributed by atoms with Crippen molar-refractivity contribution >= 4 is 5.69 Å². The van der Waals surface area contributed by atoms with Crippen LogP contribution in [0.3, 0.4) is 0 Å². The number of hydrogen-bond donors (Lipinski definition) is 2. The van der Waals surface area contributed by atoms with Crippen LogP contribution < -0.4 is 53.6 Å². The monoisotopic (exact) mass is 472 g/mol. The number of methoxy groups -OCH3 is 4. The third kappa shape index (κ3) is 6.56. The first-order valence-corrected chi connectivity index (χ1v) is 10.2. The predicted molar refractivity (Wildman–Crippen MR) is 113 cm³/mol. The molecule has 0 saturated carbocycles. The molecule has 0 spiro atoms. The predicted octanol–water partition coefficient (Wildman–Crippen LogP) is -5.22. The number of benzene rings is 2. The van der Waals surface area contributed by atoms with Crippen molar-refractivity contribution < 1.29 is 53.6 Å². The van der Waals surface area contributed by atoms with Gasteiger partial charge in [-0.15, -0.1) is 0 Å². The van der Waals surface area contributed by atoms with E-state index in [9.17, 15) is 0 Å². The van der Waals surface area contributed by atoms with Gasteiger partial charge in [0.2, 0.25) is 5.75 Å². The molecule has 1 aliphatic heterocycles. The molecular weight excluding hydrogens is 439 g/mol. The fraction of sp³-hybridized carbons (Fsp3) is 0.478. The van der Waals surface area contributed by atoms with Crippen LogP contribution in [-0.2, 0) is 6.42 Å². The number of quaternary nitrogens is 2. The Kier molecular flexibility index (Phi) is 11.3. The second-order valence-corrected chi connectivity index (χ2v) is 7.64. The molecule has 3 unspecified atom stereocenters. The molecule has 1 fully saturated rings. The Balaban J connectivity index is 0.00000240. The van der Waals surface area contributed by atoms with E-state index in [4.69, 9.17) is 18.9 Å². The van der Waals surface area contributed by atoms with Crippen molar-refractivity contribution in [3.63, 3.8) is 0 Å². The number of piperazine rings is 1. The largest absolute Gasteiger partial charge is 1.00 e. The van der Waals surface area contributed by atoms with Crippen molar-refractivity contribution in [3.05, 3.63) is 42.0 Å². The van der Waals surface area contributed by atoms with Gasteiger partial charge in [-0.25, -0.2) is 0 Å². The molecule has 0 bridgehead atoms. The fourth-order valence-electron chi connectivity index (χ4n) is 4.28. The lowest BCUT2D eigenvalue weighted by Crippen LogP contribution is -3.28. The molecule has 0 amide bonds. The normalized spacial score (nSPS) is 20.1. The molecule has 0 aliphatic carbocycles. The molecule has 2 aromatic carbocycles. The minimum Gasteiger partial charge on any atom is -1.00 e. The van der Waals surface area contributed by atoms with E-state index in [1.807, 2.05) is 0 Å². The summed E-state index contributed by atoms with van der Waals surface area (Å²) in [6.45, 7) is 6.90. The molecule has 2 aromatic rings. The van der Waals surface area contributed by atoms with Gasteiger partial charge in [0.15, 0.2) is 11.5 Å². The van der Waals surface area contributed by atoms with Gasteiger partial charge in [0.1, 0.15) is 37.1 Å². The maximum Gasteiger partial charge on any atom is 0.203 e. The second-order valence-electron chi connectivity index (χ2n) is 7.64. The highest BCUT2D eigenvalue weighted by Gasteiger charge is 2.31. The molecule has 3 rings (SSSR count). The number of halogens is 2. The lowest BCUT2D eigenvalue weighted by atomic mass is 10.1. The summed E-state index contributed by atoms with van der Waals surface area (Å²) in [7, 11) is 6.67. The van der Waals surface area contributed by atoms with Crippen molar-refractivity contribution in [2.75, 3.05) is 54.6 Å². The quantitative estimate of drug-likeness (QED) is 0.403. The van der Waals surface area contributed by atoms with E-state index < -0.39 is 0 Å². The van der Waals surface area contributed by atoms with Gasteiger partial charge in [-0.3, -0.25) is 4.90 Å². The maximum atomic E-state index is 5.48. The molecule has 0 aromatic heterocycles. The number of hydrogen-bond acceptors (Lipinski definition) is 4. The van der Waals surface area contributed by atoms with Crippen LogP contribution in [0.5, 0.6) is 23.0 Å². The van der Waals surface area contributed by atoms with Crippen molar-refractivity contribution in [3.8, 4) is 23.0 Å². The summed E-state index contributed by atoms with van der Waals surface area (Å²) in [5.41, 5.74) is 2.56. The first kappa shape index (κ1) is 27.2. The first-order chi connectivity index (χ1) is 14.1. The fourth-order valence-corrected chi connectivity index (χ4v) is 4.28. The minimum absolute atomic E-state index is 0. The highest BCUT2D eigenvalue weighted by atomic mass is 35.5. The Morgan fingerprint density at radius 2 is 1.45 bits per heavy atom. The Morgan fingerprint density at radius 1 is 0.839 bits per heavy atom. The van der Waals surface area contributed by atoms with Crippen molar-refractivity contribution in [2.24, 2.45) is 0 Å². The van der Waals surface area contributed by atoms with Gasteiger partial charge in [0.05, 0.1) is 35.0 Å². The maximum absolute atomic E-state index is 5.48. The van der Waals surface area contributed by atoms with E-state index >= 15 is 0 Å². The molecule has 1 heterocycles. The van der Waals surface area contributed by atoms with Crippen LogP contribution in [0.15, 0.2) is 36.4 Å². The number of nitrogens with one attached hydrogen (secondary N) is 2. The summed E-state index contributed by atoms with van der Waals surface area (Å²) in [4.78, 5) is 3.20. The van der Waals surface area contributed by atoms with Crippen LogP contribution >= 0.6 is 0 Å². The Labute approximate surface area is 198 Å². The SMILES string of the molecule is COc1ccc([NH+]2CC[NH+](CCc3cc(OC)c(OC)c(OC)c3)CC2C)cc1.[Cl-].[Cl-]. The third-order valence-corrected chi connectivity index (χ3v) is 5.89. The van der Waals surface area contributed by atoms with Crippen LogP contribution in [0, 0.1) is 0 Å². The van der Waals surface area contributed by atoms with Gasteiger partial charge in [-0.05, 0) is 36.8 Å². The van der Waals surface area contributed by atoms with Gasteiger partial charge in [0.25, 0.3) is 0 Å². The van der Waals surface area contributed by atoms with Gasteiger partial charge >= 0.3 is 0 Å². The third-order valence-electron chi connectivity index (χ3n) is 5.89. The average Bonchev–Trinajstić information content (AvgIpc) is 2.77. The molecule has 31 heavy (non-hydrogen) atoms. The molecular formula is C23H34Cl2N2O4. The second kappa shape index (κ2) is 12.9. The van der Waals surface area contributed by atoms with Gasteiger partial charge in [-0.2, -0.15) is 0 Å². The van der Waals surface area contributed by atoms with Crippen LogP contribution in [0.2, 0.25) is 0 Å². The van der Waals surface area contributed by atoms with Crippen molar-refractivity contribution in [1.29, 1.82) is 0 Å². The first-order valence-electron chi connectivity index (χ1n) is 10.2. The molecule has 174 valence electrons. The molecule has 6 nitrogen and oxygen atoms in total. The topological polar surface area (TPSA) is 45.8 Å². The zero-order chi connectivity index (χ0) is 20.8. The van der Waals surface area contributed by atoms with E-state index in [1.54, 1.807) is 38.2 Å². The standard InChI is InChI=1S/C23H32N2O4.2ClH/c1-17-16-24(12-13-25(17)19-6-8-20(26-2)9-7-19)11-10-18-14-21(27-3)23(29-5)22(15-18)28-4;;/h6-9,14-15,17H,10-13,16H2,1-5H3;2*1H. The zero-order valence-electron chi connectivity index (χ0n) is 19.0. The van der Waals surface area contributed by atoms with Crippen molar-refractivity contribution in [1.82, 2.24) is 0 Å². The van der Waals surface area contributed by atoms with Crippen LogP contribution in [0.25, 0.3) is 0 Å². The van der Waals surface area contributed by atoms with Crippen LogP contribution in [0.1, 0.15) is 12.5 Å². The van der Waals surface area contributed by atoms with E-state index in [1.165, 1.54) is 11.3 Å². The molecule has 1 aliphatic rings. The summed E-state index contributed by atoms with van der Waals surface area (Å²) in [6, 6.07) is 13.2.